The quantitative estimate of drug-likeness (QED) is 0.645. The molecule has 5 heteroatoms. The lowest BCUT2D eigenvalue weighted by molar-refractivity contribution is -0.131. The van der Waals surface area contributed by atoms with Crippen LogP contribution in [0, 0.1) is 0 Å². The average Bonchev–Trinajstić information content (AvgIpc) is 3.23. The van der Waals surface area contributed by atoms with Crippen molar-refractivity contribution >= 4 is 33.9 Å². The molecule has 0 N–H and O–H groups in total. The third-order valence-corrected chi connectivity index (χ3v) is 5.91. The maximum atomic E-state index is 12.9. The lowest BCUT2D eigenvalue weighted by Gasteiger charge is -2.20. The van der Waals surface area contributed by atoms with Gasteiger partial charge in [0, 0.05) is 35.8 Å². The molecule has 0 aliphatic carbocycles. The van der Waals surface area contributed by atoms with Gasteiger partial charge in [0.15, 0.2) is 0 Å². The summed E-state index contributed by atoms with van der Waals surface area (Å²) < 4.78 is 1.93. The van der Waals surface area contributed by atoms with Crippen molar-refractivity contribution in [1.82, 2.24) is 9.47 Å². The van der Waals surface area contributed by atoms with Crippen LogP contribution in [0.15, 0.2) is 48.0 Å². The maximum Gasteiger partial charge on any atom is 0.242 e. The molecule has 2 aromatic heterocycles. The highest BCUT2D eigenvalue weighted by atomic mass is 32.1. The number of carbonyl (C=O) groups excluding carboxylic acids is 2. The van der Waals surface area contributed by atoms with Gasteiger partial charge in [-0.1, -0.05) is 37.1 Å². The Morgan fingerprint density at radius 1 is 0.962 bits per heavy atom. The molecule has 1 aliphatic heterocycles. The summed E-state index contributed by atoms with van der Waals surface area (Å²) in [5.41, 5.74) is 1.61. The minimum absolute atomic E-state index is 0.0252. The highest BCUT2D eigenvalue weighted by Crippen LogP contribution is 2.25. The van der Waals surface area contributed by atoms with E-state index in [1.165, 1.54) is 24.2 Å². The summed E-state index contributed by atoms with van der Waals surface area (Å²) in [6.45, 7) is 1.98. The second kappa shape index (κ2) is 7.46. The second-order valence-electron chi connectivity index (χ2n) is 6.79. The van der Waals surface area contributed by atoms with Crippen LogP contribution in [0.4, 0.5) is 0 Å². The molecular weight excluding hydrogens is 344 g/mol. The first-order chi connectivity index (χ1) is 12.7. The molecule has 0 spiro atoms. The number of benzene rings is 1. The fourth-order valence-corrected chi connectivity index (χ4v) is 4.34. The van der Waals surface area contributed by atoms with E-state index in [0.29, 0.717) is 5.56 Å². The number of amides is 1. The number of rotatable bonds is 4. The van der Waals surface area contributed by atoms with Gasteiger partial charge in [0.2, 0.25) is 11.7 Å². The molecule has 26 heavy (non-hydrogen) atoms. The average molecular weight is 366 g/mol. The van der Waals surface area contributed by atoms with Crippen LogP contribution in [0.25, 0.3) is 10.9 Å². The Kier molecular flexibility index (Phi) is 4.89. The molecule has 0 saturated carbocycles. The highest BCUT2D eigenvalue weighted by molar-refractivity contribution is 7.12. The predicted octanol–water partition coefficient (Wildman–Crippen LogP) is 4.34. The molecule has 0 bridgehead atoms. The molecule has 4 nitrogen and oxygen atoms in total. The standard InChI is InChI=1S/C21H22N2O2S/c24-20(22-11-5-1-2-6-12-22)15-23-14-17(16-8-3-4-9-18(16)23)21(25)19-10-7-13-26-19/h3-4,7-10,13-14H,1-2,5-6,11-12,15H2. The number of aromatic nitrogens is 1. The monoisotopic (exact) mass is 366 g/mol. The van der Waals surface area contributed by atoms with Crippen LogP contribution in [-0.2, 0) is 11.3 Å². The van der Waals surface area contributed by atoms with Crippen LogP contribution in [0.5, 0.6) is 0 Å². The predicted molar refractivity (Wildman–Crippen MR) is 105 cm³/mol. The van der Waals surface area contributed by atoms with Crippen LogP contribution in [0.2, 0.25) is 0 Å². The number of fused-ring (bicyclic) bond motifs is 1. The Bertz CT molecular complexity index is 919. The lowest BCUT2D eigenvalue weighted by Crippen LogP contribution is -2.34. The van der Waals surface area contributed by atoms with E-state index in [-0.39, 0.29) is 18.2 Å². The summed E-state index contributed by atoms with van der Waals surface area (Å²) in [7, 11) is 0. The van der Waals surface area contributed by atoms with Crippen molar-refractivity contribution in [3.05, 3.63) is 58.4 Å². The second-order valence-corrected chi connectivity index (χ2v) is 7.74. The summed E-state index contributed by atoms with van der Waals surface area (Å²) in [5, 5.41) is 2.82. The minimum atomic E-state index is 0.0252. The van der Waals surface area contributed by atoms with E-state index in [9.17, 15) is 9.59 Å². The molecule has 1 saturated heterocycles. The normalized spacial score (nSPS) is 15.2. The zero-order chi connectivity index (χ0) is 17.9. The van der Waals surface area contributed by atoms with Crippen molar-refractivity contribution in [3.8, 4) is 0 Å². The summed E-state index contributed by atoms with van der Waals surface area (Å²) >= 11 is 1.45. The van der Waals surface area contributed by atoms with E-state index in [0.717, 1.165) is 41.7 Å². The Balaban J connectivity index is 1.65. The van der Waals surface area contributed by atoms with Crippen molar-refractivity contribution in [3.63, 3.8) is 0 Å². The Hall–Kier alpha value is -2.40. The number of para-hydroxylation sites is 1. The van der Waals surface area contributed by atoms with Gasteiger partial charge in [-0.3, -0.25) is 9.59 Å². The molecule has 0 atom stereocenters. The molecule has 3 heterocycles. The summed E-state index contributed by atoms with van der Waals surface area (Å²) in [4.78, 5) is 28.4. The number of likely N-dealkylation sites (tertiary alicyclic amines) is 1. The van der Waals surface area contributed by atoms with Crippen molar-refractivity contribution in [2.24, 2.45) is 0 Å². The van der Waals surface area contributed by atoms with Crippen LogP contribution >= 0.6 is 11.3 Å². The molecule has 1 fully saturated rings. The molecule has 0 unspecified atom stereocenters. The first-order valence-electron chi connectivity index (χ1n) is 9.18. The van der Waals surface area contributed by atoms with E-state index in [1.807, 2.05) is 57.4 Å². The van der Waals surface area contributed by atoms with Gasteiger partial charge in [-0.05, 0) is 30.4 Å². The largest absolute Gasteiger partial charge is 0.341 e. The van der Waals surface area contributed by atoms with Gasteiger partial charge in [-0.25, -0.2) is 0 Å². The molecule has 134 valence electrons. The highest BCUT2D eigenvalue weighted by Gasteiger charge is 2.20. The van der Waals surface area contributed by atoms with E-state index in [1.54, 1.807) is 0 Å². The SMILES string of the molecule is O=C(c1cccs1)c1cn(CC(=O)N2CCCCCC2)c2ccccc12. The first-order valence-corrected chi connectivity index (χ1v) is 10.1. The van der Waals surface area contributed by atoms with E-state index in [4.69, 9.17) is 0 Å². The van der Waals surface area contributed by atoms with Gasteiger partial charge >= 0.3 is 0 Å². The van der Waals surface area contributed by atoms with E-state index < -0.39 is 0 Å². The number of hydrogen-bond acceptors (Lipinski definition) is 3. The third kappa shape index (κ3) is 3.31. The first kappa shape index (κ1) is 17.0. The van der Waals surface area contributed by atoms with Crippen molar-refractivity contribution in [2.45, 2.75) is 32.2 Å². The molecule has 1 amide bonds. The van der Waals surface area contributed by atoms with Gasteiger partial charge in [0.25, 0.3) is 0 Å². The lowest BCUT2D eigenvalue weighted by atomic mass is 10.1. The number of ketones is 1. The van der Waals surface area contributed by atoms with Crippen LogP contribution in [-0.4, -0.2) is 34.2 Å². The number of thiophene rings is 1. The Morgan fingerprint density at radius 3 is 2.46 bits per heavy atom. The smallest absolute Gasteiger partial charge is 0.242 e. The summed E-state index contributed by atoms with van der Waals surface area (Å²) in [5.74, 6) is 0.167. The molecule has 0 radical (unpaired) electrons. The van der Waals surface area contributed by atoms with Gasteiger partial charge in [0.05, 0.1) is 4.88 Å². The fourth-order valence-electron chi connectivity index (χ4n) is 3.66. The van der Waals surface area contributed by atoms with Gasteiger partial charge in [-0.2, -0.15) is 0 Å². The number of hydrogen-bond donors (Lipinski definition) is 0. The summed E-state index contributed by atoms with van der Waals surface area (Å²) in [6, 6.07) is 11.6. The Labute approximate surface area is 157 Å². The zero-order valence-electron chi connectivity index (χ0n) is 14.7. The van der Waals surface area contributed by atoms with Gasteiger partial charge in [0.1, 0.15) is 6.54 Å². The molecule has 4 rings (SSSR count). The number of nitrogens with zero attached hydrogens (tertiary/aromatic N) is 2. The van der Waals surface area contributed by atoms with Crippen molar-refractivity contribution < 1.29 is 9.59 Å². The van der Waals surface area contributed by atoms with Crippen molar-refractivity contribution in [1.29, 1.82) is 0 Å². The minimum Gasteiger partial charge on any atom is -0.341 e. The van der Waals surface area contributed by atoms with Crippen LogP contribution in [0.1, 0.15) is 40.9 Å². The molecule has 1 aliphatic rings. The van der Waals surface area contributed by atoms with Gasteiger partial charge < -0.3 is 9.47 Å². The molecule has 3 aromatic rings. The van der Waals surface area contributed by atoms with Crippen LogP contribution < -0.4 is 0 Å². The fraction of sp³-hybridized carbons (Fsp3) is 0.333. The van der Waals surface area contributed by atoms with Crippen molar-refractivity contribution in [2.75, 3.05) is 13.1 Å². The zero-order valence-corrected chi connectivity index (χ0v) is 15.5. The van der Waals surface area contributed by atoms with E-state index in [2.05, 4.69) is 0 Å². The number of carbonyl (C=O) groups is 2. The maximum absolute atomic E-state index is 12.9. The molecule has 1 aromatic carbocycles. The topological polar surface area (TPSA) is 42.3 Å². The third-order valence-electron chi connectivity index (χ3n) is 5.04. The van der Waals surface area contributed by atoms with E-state index >= 15 is 0 Å². The van der Waals surface area contributed by atoms with Gasteiger partial charge in [-0.15, -0.1) is 11.3 Å². The molecular formula is C21H22N2O2S. The van der Waals surface area contributed by atoms with Crippen LogP contribution in [0.3, 0.4) is 0 Å². The Morgan fingerprint density at radius 2 is 1.73 bits per heavy atom. The summed E-state index contributed by atoms with van der Waals surface area (Å²) in [6.07, 6.45) is 6.42.